The number of benzene rings is 6. The van der Waals surface area contributed by atoms with Crippen molar-refractivity contribution in [3.63, 3.8) is 0 Å². The van der Waals surface area contributed by atoms with Gasteiger partial charge in [-0.05, 0) is 262 Å². The van der Waals surface area contributed by atoms with Gasteiger partial charge in [-0.15, -0.1) is 0 Å². The summed E-state index contributed by atoms with van der Waals surface area (Å²) in [5.74, 6) is -0.916. The van der Waals surface area contributed by atoms with E-state index >= 15 is 0 Å². The van der Waals surface area contributed by atoms with E-state index in [-0.39, 0.29) is 82.1 Å². The van der Waals surface area contributed by atoms with Crippen molar-refractivity contribution in [2.75, 3.05) is 44.2 Å². The number of halogens is 4. The molecule has 12 heterocycles. The molecule has 4 saturated carbocycles. The maximum Gasteiger partial charge on any atom is 0.229 e. The van der Waals surface area contributed by atoms with Crippen LogP contribution < -0.4 is 44.2 Å². The first-order chi connectivity index (χ1) is 64.5. The molecule has 0 saturated heterocycles. The Labute approximate surface area is 763 Å². The first-order valence-electron chi connectivity index (χ1n) is 43.3. The molecule has 0 bridgehead atoms. The van der Waals surface area contributed by atoms with Gasteiger partial charge in [-0.25, -0.2) is 37.5 Å². The molecule has 8 atom stereocenters. The number of carbonyl (C=O) groups is 4. The molecule has 4 amide bonds. The lowest BCUT2D eigenvalue weighted by Crippen LogP contribution is -2.15. The number of nitrogens with two attached hydrogens (primary N) is 4. The number of aromatic nitrogens is 18. The lowest BCUT2D eigenvalue weighted by Gasteiger charge is -2.14. The third-order valence-corrected chi connectivity index (χ3v) is 24.9. The maximum atomic E-state index is 14.2. The minimum Gasteiger partial charge on any atom is -0.398 e. The van der Waals surface area contributed by atoms with E-state index in [0.717, 1.165) is 126 Å². The summed E-state index contributed by atoms with van der Waals surface area (Å²) in [6.07, 6.45) is 32.0. The van der Waals surface area contributed by atoms with Crippen LogP contribution in [0.2, 0.25) is 0 Å². The van der Waals surface area contributed by atoms with Crippen LogP contribution in [0.15, 0.2) is 233 Å². The standard InChI is InChI=1S/2C27H26N8O.2C23H19F2N5O/c2*1-15-4-6-29-26(23-5-7-34(2)33-23)25(15)17-8-16-10-24(30-13-21(16)22(28)9-17)32-27(36)20-11-19(20)18-12-31-35(3)14-18;2*1-30-11-14(9-28-30)15-8-16(15)23(31)29-21-7-12-5-13(6-20(26)17(12)10-27-21)22-18(24)3-2-4-19(22)25/h2*4-10,12-14,19-20H,11,28H2,1-3H3,(H,30,32,36);2*2-7,9-11,15-16H,8,26H2,1H3,(H,27,29,31)/t2*19-,20+;2*15-,16+/m1110/s1. The van der Waals surface area contributed by atoms with Gasteiger partial charge in [0.25, 0.3) is 0 Å². The van der Waals surface area contributed by atoms with Gasteiger partial charge in [0, 0.05) is 196 Å². The zero-order valence-electron chi connectivity index (χ0n) is 73.9. The summed E-state index contributed by atoms with van der Waals surface area (Å²) < 4.78 is 67.4. The Kier molecular flexibility index (Phi) is 22.8. The van der Waals surface area contributed by atoms with E-state index in [4.69, 9.17) is 22.9 Å². The van der Waals surface area contributed by atoms with Crippen LogP contribution in [-0.4, -0.2) is 112 Å². The molecule has 4 aliphatic carbocycles. The Bertz CT molecular complexity index is 7240. The number of nitrogens with zero attached hydrogens (tertiary/aromatic N) is 18. The molecule has 4 aliphatic rings. The third-order valence-electron chi connectivity index (χ3n) is 24.9. The number of anilines is 8. The Morgan fingerprint density at radius 2 is 0.590 bits per heavy atom. The number of rotatable bonds is 18. The van der Waals surface area contributed by atoms with E-state index < -0.39 is 23.3 Å². The summed E-state index contributed by atoms with van der Waals surface area (Å²) in [6.45, 7) is 4.10. The quantitative estimate of drug-likeness (QED) is 0.0292. The van der Waals surface area contributed by atoms with Crippen molar-refractivity contribution in [3.8, 4) is 67.3 Å². The van der Waals surface area contributed by atoms with Crippen molar-refractivity contribution in [2.45, 2.75) is 63.2 Å². The van der Waals surface area contributed by atoms with Gasteiger partial charge in [-0.2, -0.15) is 30.6 Å². The molecule has 34 heteroatoms. The SMILES string of the molecule is Cc1ccnc(-c2ccn(C)n2)c1-c1cc(N)c2cnc(NC(=O)[C@H]3C[C@@H]3c3cnn(C)c3)cc2c1.Cc1ccnc(-c2ccn(C)n2)c1-c1cc(N)c2cnc(NC(=O)[C@H]3C[C@@H]3c3cnn(C)c3)cc2c1.Cn1cc([C@@H]2C[C@H]2C(=O)Nc2cc3cc(-c4c(F)cccc4F)cc(N)c3cn2)cn1.Cn1cc([C@H]2C[C@@H]2C(=O)Nc2cc3cc(-c4c(F)cccc4F)cc(N)c3cn2)cn1. The van der Waals surface area contributed by atoms with Gasteiger partial charge in [0.1, 0.15) is 57.9 Å². The summed E-state index contributed by atoms with van der Waals surface area (Å²) >= 11 is 0. The monoisotopic (exact) mass is 1790 g/mol. The molecule has 672 valence electrons. The van der Waals surface area contributed by atoms with Crippen molar-refractivity contribution in [1.82, 2.24) is 88.6 Å². The topological polar surface area (TPSA) is 405 Å². The van der Waals surface area contributed by atoms with Gasteiger partial charge in [-0.1, -0.05) is 12.1 Å². The normalized spacial score (nSPS) is 17.2. The second-order valence-electron chi connectivity index (χ2n) is 34.6. The maximum absolute atomic E-state index is 14.2. The number of pyridine rings is 6. The van der Waals surface area contributed by atoms with Gasteiger partial charge in [0.15, 0.2) is 0 Å². The van der Waals surface area contributed by atoms with Gasteiger partial charge < -0.3 is 44.2 Å². The number of nitrogen functional groups attached to an aromatic ring is 4. The molecule has 0 unspecified atom stereocenters. The van der Waals surface area contributed by atoms with E-state index in [2.05, 4.69) is 108 Å². The fourth-order valence-electron chi connectivity index (χ4n) is 17.7. The molecule has 0 radical (unpaired) electrons. The van der Waals surface area contributed by atoms with Crippen molar-refractivity contribution in [1.29, 1.82) is 0 Å². The Morgan fingerprint density at radius 1 is 0.328 bits per heavy atom. The van der Waals surface area contributed by atoms with Crippen molar-refractivity contribution < 1.29 is 36.7 Å². The second kappa shape index (κ2) is 35.3. The van der Waals surface area contributed by atoms with Crippen LogP contribution in [0, 0.1) is 60.8 Å². The van der Waals surface area contributed by atoms with Crippen LogP contribution in [0.5, 0.6) is 0 Å². The average Bonchev–Trinajstić information content (AvgIpc) is 1.70. The highest BCUT2D eigenvalue weighted by Crippen LogP contribution is 2.52. The zero-order valence-corrected chi connectivity index (χ0v) is 73.9. The van der Waals surface area contributed by atoms with Crippen LogP contribution in [0.25, 0.3) is 110 Å². The highest BCUT2D eigenvalue weighted by molar-refractivity contribution is 6.06. The molecule has 12 N–H and O–H groups in total. The molecule has 134 heavy (non-hydrogen) atoms. The number of carbonyl (C=O) groups excluding carboxylic acids is 4. The third kappa shape index (κ3) is 18.0. The molecule has 6 aromatic carbocycles. The average molecular weight is 1800 g/mol. The minimum atomic E-state index is -0.670. The van der Waals surface area contributed by atoms with E-state index in [1.807, 2.05) is 140 Å². The molecular weight excluding hydrogens is 1710 g/mol. The number of hydrogen-bond donors (Lipinski definition) is 8. The van der Waals surface area contributed by atoms with Gasteiger partial charge in [-0.3, -0.25) is 57.2 Å². The summed E-state index contributed by atoms with van der Waals surface area (Å²) in [5, 5.41) is 43.5. The highest BCUT2D eigenvalue weighted by Gasteiger charge is 2.48. The first-order valence-corrected chi connectivity index (χ1v) is 43.3. The largest absolute Gasteiger partial charge is 0.398 e. The molecule has 0 aliphatic heterocycles. The van der Waals surface area contributed by atoms with Crippen molar-refractivity contribution in [3.05, 3.63) is 289 Å². The summed E-state index contributed by atoms with van der Waals surface area (Å²) in [5.41, 5.74) is 40.8. The predicted molar refractivity (Wildman–Crippen MR) is 506 cm³/mol. The van der Waals surface area contributed by atoms with Crippen LogP contribution in [0.3, 0.4) is 0 Å². The fourth-order valence-corrected chi connectivity index (χ4v) is 17.7. The lowest BCUT2D eigenvalue weighted by atomic mass is 9.95. The van der Waals surface area contributed by atoms with Crippen LogP contribution in [-0.2, 0) is 61.5 Å². The Balaban J connectivity index is 0.000000115. The minimum absolute atomic E-state index is 0.0274. The molecule has 12 aromatic heterocycles. The highest BCUT2D eigenvalue weighted by atomic mass is 19.1. The number of fused-ring (bicyclic) bond motifs is 4. The predicted octanol–water partition coefficient (Wildman–Crippen LogP) is 16.6. The van der Waals surface area contributed by atoms with E-state index in [0.29, 0.717) is 78.7 Å². The molecular formula is C100H90F4N26O4. The first kappa shape index (κ1) is 86.7. The number of amides is 4. The summed E-state index contributed by atoms with van der Waals surface area (Å²) in [6, 6.07) is 36.7. The second-order valence-corrected chi connectivity index (χ2v) is 34.6. The molecule has 4 fully saturated rings. The van der Waals surface area contributed by atoms with E-state index in [1.165, 1.54) is 48.5 Å². The van der Waals surface area contributed by atoms with Gasteiger partial charge >= 0.3 is 0 Å². The number of nitrogens with one attached hydrogen (secondary N) is 4. The van der Waals surface area contributed by atoms with Gasteiger partial charge in [0.2, 0.25) is 23.6 Å². The lowest BCUT2D eigenvalue weighted by molar-refractivity contribution is -0.118. The van der Waals surface area contributed by atoms with Gasteiger partial charge in [0.05, 0.1) is 47.3 Å². The summed E-state index contributed by atoms with van der Waals surface area (Å²) in [7, 11) is 11.2. The number of hydrogen-bond acceptors (Lipinski definition) is 20. The summed E-state index contributed by atoms with van der Waals surface area (Å²) in [4.78, 5) is 77.8. The van der Waals surface area contributed by atoms with Crippen LogP contribution in [0.1, 0.15) is 82.7 Å². The Hall–Kier alpha value is -16.7. The molecule has 0 spiro atoms. The molecule has 22 rings (SSSR count). The molecule has 18 aromatic rings. The van der Waals surface area contributed by atoms with E-state index in [1.54, 1.807) is 102 Å². The number of aryl methyl sites for hydroxylation is 8. The Morgan fingerprint density at radius 3 is 0.828 bits per heavy atom. The van der Waals surface area contributed by atoms with Crippen LogP contribution in [0.4, 0.5) is 63.6 Å². The van der Waals surface area contributed by atoms with Crippen molar-refractivity contribution >= 4 is 113 Å². The van der Waals surface area contributed by atoms with E-state index in [9.17, 15) is 36.7 Å². The zero-order chi connectivity index (χ0) is 93.3. The van der Waals surface area contributed by atoms with Crippen LogP contribution >= 0.6 is 0 Å². The fraction of sp³-hybridized carbons (Fsp3) is 0.200. The van der Waals surface area contributed by atoms with Crippen molar-refractivity contribution in [2.24, 2.45) is 66.0 Å². The smallest absolute Gasteiger partial charge is 0.229 e. The molecule has 30 nitrogen and oxygen atoms in total.